The molecule has 56 heavy (non-hydrogen) atoms. The van der Waals surface area contributed by atoms with E-state index in [-0.39, 0.29) is 18.9 Å². The van der Waals surface area contributed by atoms with Gasteiger partial charge in [-0.3, -0.25) is 33.6 Å². The van der Waals surface area contributed by atoms with Crippen molar-refractivity contribution in [2.24, 2.45) is 11.7 Å². The van der Waals surface area contributed by atoms with Crippen molar-refractivity contribution in [2.45, 2.75) is 179 Å². The summed E-state index contributed by atoms with van der Waals surface area (Å²) in [5, 5.41) is 24.1. The number of nitrogens with two attached hydrogens (primary N) is 1. The summed E-state index contributed by atoms with van der Waals surface area (Å²) in [7, 11) is 0. The third-order valence-corrected chi connectivity index (χ3v) is 11.4. The second kappa shape index (κ2) is 24.1. The Kier molecular flexibility index (Phi) is 20.0. The number of nitrogens with zero attached hydrogens (tertiary/aromatic N) is 2. The molecule has 2 heterocycles. The van der Waals surface area contributed by atoms with Gasteiger partial charge in [0.25, 0.3) is 0 Å². The smallest absolute Gasteiger partial charge is 0.245 e. The molecule has 0 unspecified atom stereocenters. The Balaban J connectivity index is 1.72. The number of nitrogens with one attached hydrogen (secondary N) is 5. The van der Waals surface area contributed by atoms with Crippen LogP contribution in [0.3, 0.4) is 0 Å². The van der Waals surface area contributed by atoms with Crippen molar-refractivity contribution < 1.29 is 38.7 Å². The highest BCUT2D eigenvalue weighted by Crippen LogP contribution is 2.28. The summed E-state index contributed by atoms with van der Waals surface area (Å²) in [6.45, 7) is 7.80. The van der Waals surface area contributed by atoms with E-state index >= 15 is 0 Å². The van der Waals surface area contributed by atoms with E-state index in [9.17, 15) is 38.7 Å². The van der Waals surface area contributed by atoms with Gasteiger partial charge in [0.15, 0.2) is 0 Å². The molecule has 2 saturated heterocycles. The first-order valence-electron chi connectivity index (χ1n) is 21.3. The van der Waals surface area contributed by atoms with Gasteiger partial charge in [-0.2, -0.15) is 0 Å². The van der Waals surface area contributed by atoms with Crippen molar-refractivity contribution in [3.63, 3.8) is 0 Å². The van der Waals surface area contributed by atoms with E-state index in [2.05, 4.69) is 26.6 Å². The summed E-state index contributed by atoms with van der Waals surface area (Å²) in [6.07, 6.45) is 10.9. The Bertz CT molecular complexity index is 1320. The summed E-state index contributed by atoms with van der Waals surface area (Å²) in [5.74, 6) is -2.65. The average molecular weight is 791 g/mol. The van der Waals surface area contributed by atoms with Gasteiger partial charge in [0.2, 0.25) is 41.4 Å². The summed E-state index contributed by atoms with van der Waals surface area (Å²) >= 11 is 0. The Hall–Kier alpha value is -3.79. The van der Waals surface area contributed by atoms with Crippen molar-refractivity contribution in [2.75, 3.05) is 26.2 Å². The van der Waals surface area contributed by atoms with Gasteiger partial charge in [-0.15, -0.1) is 0 Å². The molecule has 0 aromatic carbocycles. The van der Waals surface area contributed by atoms with Crippen LogP contribution in [0, 0.1) is 5.92 Å². The predicted octanol–water partition coefficient (Wildman–Crippen LogP) is 1.12. The first-order valence-corrected chi connectivity index (χ1v) is 21.3. The van der Waals surface area contributed by atoms with Crippen molar-refractivity contribution in [3.8, 4) is 0 Å². The van der Waals surface area contributed by atoms with Gasteiger partial charge in [-0.25, -0.2) is 0 Å². The van der Waals surface area contributed by atoms with Crippen molar-refractivity contribution >= 4 is 41.4 Å². The van der Waals surface area contributed by atoms with Gasteiger partial charge in [0.1, 0.15) is 36.3 Å². The summed E-state index contributed by atoms with van der Waals surface area (Å²) in [6, 6.07) is -5.65. The van der Waals surface area contributed by atoms with E-state index in [1.54, 1.807) is 6.92 Å². The third-order valence-electron chi connectivity index (χ3n) is 11.4. The van der Waals surface area contributed by atoms with E-state index in [4.69, 9.17) is 5.73 Å². The quantitative estimate of drug-likeness (QED) is 0.0825. The molecular weight excluding hydrogens is 720 g/mol. The molecular formula is C40H70N8O8. The van der Waals surface area contributed by atoms with E-state index in [0.717, 1.165) is 19.3 Å². The van der Waals surface area contributed by atoms with Crippen LogP contribution in [0.25, 0.3) is 0 Å². The van der Waals surface area contributed by atoms with Crippen LogP contribution in [0.5, 0.6) is 0 Å². The molecule has 0 radical (unpaired) electrons. The van der Waals surface area contributed by atoms with Gasteiger partial charge in [0, 0.05) is 26.6 Å². The molecule has 8 N–H and O–H groups in total. The minimum absolute atomic E-state index is 0.231. The number of rotatable bonds is 21. The lowest BCUT2D eigenvalue weighted by Gasteiger charge is -2.38. The first kappa shape index (κ1) is 46.6. The van der Waals surface area contributed by atoms with Crippen LogP contribution in [0.15, 0.2) is 0 Å². The number of carbonyl (C=O) groups is 7. The number of unbranched alkanes of at least 4 members (excludes halogenated alkanes) is 1. The van der Waals surface area contributed by atoms with Gasteiger partial charge in [-0.1, -0.05) is 46.0 Å². The highest BCUT2D eigenvalue weighted by Gasteiger charge is 2.41. The fraction of sp³-hybridized carbons (Fsp3) is 0.825. The minimum Gasteiger partial charge on any atom is -0.391 e. The van der Waals surface area contributed by atoms with Crippen LogP contribution >= 0.6 is 0 Å². The summed E-state index contributed by atoms with van der Waals surface area (Å²) in [4.78, 5) is 97.0. The number of aliphatic hydroxyl groups excluding tert-OH is 1. The zero-order valence-corrected chi connectivity index (χ0v) is 34.2. The van der Waals surface area contributed by atoms with Crippen LogP contribution in [-0.2, 0) is 33.6 Å². The molecule has 0 aromatic heterocycles. The molecule has 0 aromatic rings. The van der Waals surface area contributed by atoms with Crippen LogP contribution < -0.4 is 32.3 Å². The lowest BCUT2D eigenvalue weighted by Crippen LogP contribution is -2.61. The van der Waals surface area contributed by atoms with Gasteiger partial charge >= 0.3 is 0 Å². The highest BCUT2D eigenvalue weighted by atomic mass is 16.3. The van der Waals surface area contributed by atoms with Crippen LogP contribution in [-0.4, -0.2) is 125 Å². The molecule has 3 rings (SSSR count). The zero-order chi connectivity index (χ0) is 41.2. The third kappa shape index (κ3) is 14.0. The Morgan fingerprint density at radius 3 is 1.91 bits per heavy atom. The van der Waals surface area contributed by atoms with Gasteiger partial charge < -0.3 is 47.2 Å². The summed E-state index contributed by atoms with van der Waals surface area (Å²) in [5.41, 5.74) is 5.76. The number of hydrogen-bond donors (Lipinski definition) is 7. The Morgan fingerprint density at radius 2 is 1.30 bits per heavy atom. The molecule has 3 aliphatic rings. The average Bonchev–Trinajstić information content (AvgIpc) is 3.69. The van der Waals surface area contributed by atoms with E-state index in [1.165, 1.54) is 42.9 Å². The molecule has 1 saturated carbocycles. The highest BCUT2D eigenvalue weighted by molar-refractivity contribution is 5.97. The maximum absolute atomic E-state index is 14.3. The lowest BCUT2D eigenvalue weighted by molar-refractivity contribution is -0.147. The number of amides is 7. The minimum atomic E-state index is -1.19. The monoisotopic (exact) mass is 791 g/mol. The largest absolute Gasteiger partial charge is 0.391 e. The molecule has 2 aliphatic heterocycles. The van der Waals surface area contributed by atoms with E-state index < -0.39 is 77.8 Å². The topological polar surface area (TPSA) is 232 Å². The van der Waals surface area contributed by atoms with E-state index in [1.807, 2.05) is 6.92 Å². The molecule has 7 atom stereocenters. The molecule has 318 valence electrons. The molecule has 1 aliphatic carbocycles. The number of piperidine rings is 1. The molecule has 3 fully saturated rings. The molecule has 16 heteroatoms. The zero-order valence-electron chi connectivity index (χ0n) is 34.2. The molecule has 7 amide bonds. The molecule has 0 spiro atoms. The molecule has 0 bridgehead atoms. The normalized spacial score (nSPS) is 21.5. The van der Waals surface area contributed by atoms with Crippen LogP contribution in [0.1, 0.15) is 137 Å². The van der Waals surface area contributed by atoms with Crippen LogP contribution in [0.4, 0.5) is 0 Å². The molecule has 16 nitrogen and oxygen atoms in total. The second-order valence-corrected chi connectivity index (χ2v) is 15.9. The number of likely N-dealkylation sites (tertiary alicyclic amines) is 2. The fourth-order valence-electron chi connectivity index (χ4n) is 8.21. The number of aliphatic hydroxyl groups is 1. The predicted molar refractivity (Wildman–Crippen MR) is 211 cm³/mol. The lowest BCUT2D eigenvalue weighted by atomic mass is 9.85. The SMILES string of the molecule is CCCNC(=O)[C@@H](NC(=O)[C@@H]1CCCN1C(=O)[C@H](CC)NC(=O)[C@@H]1CCCCN1C(=O)[C@H](CCCCN)NC(=O)[C@H](CCC1CCCCC1)NC(C)=O)[C@@H](C)O. The maximum Gasteiger partial charge on any atom is 0.245 e. The maximum atomic E-state index is 14.3. The first-order chi connectivity index (χ1) is 26.8. The summed E-state index contributed by atoms with van der Waals surface area (Å²) < 4.78 is 0. The van der Waals surface area contributed by atoms with Gasteiger partial charge in [0.05, 0.1) is 6.10 Å². The second-order valence-electron chi connectivity index (χ2n) is 15.9. The standard InChI is InChI=1S/C40H70N8O8/c1-5-23-42-38(54)34(26(3)49)46-37(53)33-19-14-25-48(33)39(55)29(6-2)44-36(52)32-18-11-13-24-47(32)40(56)31(17-10-12-22-41)45-35(51)30(43-27(4)50)21-20-28-15-8-7-9-16-28/h26,28-34,49H,5-25,41H2,1-4H3,(H,42,54)(H,43,50)(H,44,52)(H,45,51)(H,46,53)/t26-,29+,30+,31+,32+,33+,34+/m1/s1. The van der Waals surface area contributed by atoms with Crippen molar-refractivity contribution in [1.82, 2.24) is 36.4 Å². The van der Waals surface area contributed by atoms with Crippen molar-refractivity contribution in [1.29, 1.82) is 0 Å². The number of hydrogen-bond acceptors (Lipinski definition) is 9. The Labute approximate surface area is 332 Å². The number of carbonyl (C=O) groups excluding carboxylic acids is 7. The fourth-order valence-corrected chi connectivity index (χ4v) is 8.21. The Morgan fingerprint density at radius 1 is 0.696 bits per heavy atom. The van der Waals surface area contributed by atoms with Crippen LogP contribution in [0.2, 0.25) is 0 Å². The van der Waals surface area contributed by atoms with E-state index in [0.29, 0.717) is 89.8 Å². The van der Waals surface area contributed by atoms with Gasteiger partial charge in [-0.05, 0) is 96.4 Å². The van der Waals surface area contributed by atoms with Crippen molar-refractivity contribution in [3.05, 3.63) is 0 Å².